The Kier molecular flexibility index (Phi) is 5.37. The van der Waals surface area contributed by atoms with Gasteiger partial charge in [-0.1, -0.05) is 30.9 Å². The van der Waals surface area contributed by atoms with Gasteiger partial charge in [-0.05, 0) is 44.4 Å². The minimum absolute atomic E-state index is 0.604. The zero-order chi connectivity index (χ0) is 15.4. The molecule has 1 saturated carbocycles. The smallest absolute Gasteiger partial charge is 0.112 e. The van der Waals surface area contributed by atoms with Crippen molar-refractivity contribution in [1.29, 1.82) is 0 Å². The third kappa shape index (κ3) is 3.47. The van der Waals surface area contributed by atoms with E-state index >= 15 is 0 Å². The molecule has 0 N–H and O–H groups in total. The molecule has 0 atom stereocenters. The number of aromatic nitrogens is 2. The third-order valence-corrected chi connectivity index (χ3v) is 4.82. The summed E-state index contributed by atoms with van der Waals surface area (Å²) in [7, 11) is 0. The number of nitrogens with zero attached hydrogens (tertiary/aromatic N) is 2. The number of benzene rings is 1. The van der Waals surface area contributed by atoms with E-state index < -0.39 is 0 Å². The Morgan fingerprint density at radius 3 is 2.86 bits per heavy atom. The molecule has 1 aromatic heterocycles. The van der Waals surface area contributed by atoms with Gasteiger partial charge in [-0.3, -0.25) is 0 Å². The van der Waals surface area contributed by atoms with Crippen LogP contribution in [0.4, 0.5) is 0 Å². The second-order valence-corrected chi connectivity index (χ2v) is 6.58. The molecule has 0 unspecified atom stereocenters. The van der Waals surface area contributed by atoms with E-state index in [0.29, 0.717) is 5.92 Å². The molecule has 1 aliphatic rings. The highest BCUT2D eigenvalue weighted by molar-refractivity contribution is 6.31. The predicted molar refractivity (Wildman–Crippen MR) is 91.7 cm³/mol. The lowest BCUT2D eigenvalue weighted by molar-refractivity contribution is 0.141. The van der Waals surface area contributed by atoms with E-state index in [9.17, 15) is 0 Å². The first-order valence-corrected chi connectivity index (χ1v) is 8.91. The van der Waals surface area contributed by atoms with Gasteiger partial charge >= 0.3 is 0 Å². The Morgan fingerprint density at radius 2 is 2.09 bits per heavy atom. The summed E-state index contributed by atoms with van der Waals surface area (Å²) in [5.74, 6) is 1.86. The maximum absolute atomic E-state index is 6.20. The molecule has 0 radical (unpaired) electrons. The molecule has 4 heteroatoms. The Bertz CT molecular complexity index is 617. The standard InChI is InChI=1S/C18H25ClN2O/c1-2-22-12-6-11-21-17-13-15(19)9-10-16(17)20-18(21)14-7-4-3-5-8-14/h9-10,13-14H,2-8,11-12H2,1H3. The topological polar surface area (TPSA) is 27.1 Å². The fourth-order valence-corrected chi connectivity index (χ4v) is 3.66. The number of hydrogen-bond donors (Lipinski definition) is 0. The number of fused-ring (bicyclic) bond motifs is 1. The van der Waals surface area contributed by atoms with E-state index in [1.54, 1.807) is 0 Å². The van der Waals surface area contributed by atoms with Gasteiger partial charge < -0.3 is 9.30 Å². The van der Waals surface area contributed by atoms with Crippen LogP contribution in [0.15, 0.2) is 18.2 Å². The summed E-state index contributed by atoms with van der Waals surface area (Å²) in [6, 6.07) is 6.03. The van der Waals surface area contributed by atoms with Crippen molar-refractivity contribution in [3.8, 4) is 0 Å². The predicted octanol–water partition coefficient (Wildman–Crippen LogP) is 5.16. The van der Waals surface area contributed by atoms with E-state index in [1.165, 1.54) is 43.4 Å². The molecule has 2 aromatic rings. The molecule has 1 aromatic carbocycles. The lowest BCUT2D eigenvalue weighted by Gasteiger charge is -2.22. The number of halogens is 1. The summed E-state index contributed by atoms with van der Waals surface area (Å²) in [6.07, 6.45) is 7.57. The van der Waals surface area contributed by atoms with Gasteiger partial charge in [0.25, 0.3) is 0 Å². The van der Waals surface area contributed by atoms with Crippen molar-refractivity contribution in [2.75, 3.05) is 13.2 Å². The summed E-state index contributed by atoms with van der Waals surface area (Å²) in [6.45, 7) is 4.59. The molecule has 1 heterocycles. The summed E-state index contributed by atoms with van der Waals surface area (Å²) < 4.78 is 7.88. The van der Waals surface area contributed by atoms with Crippen LogP contribution in [-0.2, 0) is 11.3 Å². The first-order chi connectivity index (χ1) is 10.8. The second-order valence-electron chi connectivity index (χ2n) is 6.14. The molecule has 1 fully saturated rings. The van der Waals surface area contributed by atoms with Gasteiger partial charge in [0.15, 0.2) is 0 Å². The van der Waals surface area contributed by atoms with Gasteiger partial charge in [-0.25, -0.2) is 4.98 Å². The number of hydrogen-bond acceptors (Lipinski definition) is 2. The molecule has 0 amide bonds. The Hall–Kier alpha value is -1.06. The molecule has 0 spiro atoms. The van der Waals surface area contributed by atoms with Crippen LogP contribution in [0.25, 0.3) is 11.0 Å². The van der Waals surface area contributed by atoms with Crippen LogP contribution in [0, 0.1) is 0 Å². The summed E-state index contributed by atoms with van der Waals surface area (Å²) in [5.41, 5.74) is 2.24. The number of rotatable bonds is 6. The summed E-state index contributed by atoms with van der Waals surface area (Å²) >= 11 is 6.20. The van der Waals surface area contributed by atoms with Crippen molar-refractivity contribution in [3.05, 3.63) is 29.0 Å². The van der Waals surface area contributed by atoms with Gasteiger partial charge in [0.2, 0.25) is 0 Å². The van der Waals surface area contributed by atoms with E-state index in [1.807, 2.05) is 19.1 Å². The minimum atomic E-state index is 0.604. The zero-order valence-corrected chi connectivity index (χ0v) is 14.1. The molecular weight excluding hydrogens is 296 g/mol. The van der Waals surface area contributed by atoms with Crippen LogP contribution in [0.2, 0.25) is 5.02 Å². The van der Waals surface area contributed by atoms with Crippen molar-refractivity contribution in [1.82, 2.24) is 9.55 Å². The number of ether oxygens (including phenoxy) is 1. The van der Waals surface area contributed by atoms with Gasteiger partial charge in [-0.2, -0.15) is 0 Å². The number of aryl methyl sites for hydroxylation is 1. The molecule has 22 heavy (non-hydrogen) atoms. The van der Waals surface area contributed by atoms with Crippen LogP contribution in [-0.4, -0.2) is 22.8 Å². The average Bonchev–Trinajstić information content (AvgIpc) is 2.90. The fourth-order valence-electron chi connectivity index (χ4n) is 3.49. The van der Waals surface area contributed by atoms with Crippen molar-refractivity contribution < 1.29 is 4.74 Å². The van der Waals surface area contributed by atoms with Gasteiger partial charge in [0.05, 0.1) is 11.0 Å². The van der Waals surface area contributed by atoms with Gasteiger partial charge in [0, 0.05) is 30.7 Å². The molecule has 0 aliphatic heterocycles. The highest BCUT2D eigenvalue weighted by Gasteiger charge is 2.22. The van der Waals surface area contributed by atoms with Gasteiger partial charge in [-0.15, -0.1) is 0 Å². The molecular formula is C18H25ClN2O. The van der Waals surface area contributed by atoms with Crippen LogP contribution in [0.3, 0.4) is 0 Å². The van der Waals surface area contributed by atoms with Crippen LogP contribution < -0.4 is 0 Å². The Morgan fingerprint density at radius 1 is 1.27 bits per heavy atom. The average molecular weight is 321 g/mol. The minimum Gasteiger partial charge on any atom is -0.382 e. The van der Waals surface area contributed by atoms with E-state index in [4.69, 9.17) is 21.3 Å². The van der Waals surface area contributed by atoms with E-state index in [0.717, 1.165) is 36.7 Å². The lowest BCUT2D eigenvalue weighted by Crippen LogP contribution is -2.13. The van der Waals surface area contributed by atoms with Gasteiger partial charge in [0.1, 0.15) is 5.82 Å². The first-order valence-electron chi connectivity index (χ1n) is 8.53. The third-order valence-electron chi connectivity index (χ3n) is 4.58. The molecule has 0 saturated heterocycles. The monoisotopic (exact) mass is 320 g/mol. The summed E-state index contributed by atoms with van der Waals surface area (Å²) in [5, 5.41) is 0.786. The van der Waals surface area contributed by atoms with Crippen molar-refractivity contribution in [3.63, 3.8) is 0 Å². The maximum atomic E-state index is 6.20. The SMILES string of the molecule is CCOCCCn1c(C2CCCCC2)nc2ccc(Cl)cc21. The van der Waals surface area contributed by atoms with E-state index in [2.05, 4.69) is 10.6 Å². The summed E-state index contributed by atoms with van der Waals surface area (Å²) in [4.78, 5) is 4.94. The van der Waals surface area contributed by atoms with Crippen LogP contribution in [0.5, 0.6) is 0 Å². The lowest BCUT2D eigenvalue weighted by atomic mass is 9.88. The number of imidazole rings is 1. The van der Waals surface area contributed by atoms with Crippen LogP contribution >= 0.6 is 11.6 Å². The molecule has 0 bridgehead atoms. The molecule has 120 valence electrons. The molecule has 1 aliphatic carbocycles. The Balaban J connectivity index is 1.90. The Labute approximate surface area is 137 Å². The quantitative estimate of drug-likeness (QED) is 0.687. The fraction of sp³-hybridized carbons (Fsp3) is 0.611. The first kappa shape index (κ1) is 15.8. The van der Waals surface area contributed by atoms with Crippen molar-refractivity contribution >= 4 is 22.6 Å². The maximum Gasteiger partial charge on any atom is 0.112 e. The van der Waals surface area contributed by atoms with E-state index in [-0.39, 0.29) is 0 Å². The van der Waals surface area contributed by atoms with Crippen LogP contribution in [0.1, 0.15) is 57.2 Å². The largest absolute Gasteiger partial charge is 0.382 e. The normalized spacial score (nSPS) is 16.5. The highest BCUT2D eigenvalue weighted by atomic mass is 35.5. The van der Waals surface area contributed by atoms with Crippen molar-refractivity contribution in [2.24, 2.45) is 0 Å². The molecule has 3 nitrogen and oxygen atoms in total. The zero-order valence-electron chi connectivity index (χ0n) is 13.4. The van der Waals surface area contributed by atoms with Crippen molar-refractivity contribution in [2.45, 2.75) is 57.9 Å². The molecule has 3 rings (SSSR count). The highest BCUT2D eigenvalue weighted by Crippen LogP contribution is 2.34. The second kappa shape index (κ2) is 7.47.